The highest BCUT2D eigenvalue weighted by molar-refractivity contribution is 6.07. The fourth-order valence-electron chi connectivity index (χ4n) is 2.33. The van der Waals surface area contributed by atoms with Crippen LogP contribution >= 0.6 is 0 Å². The number of methoxy groups -OCH3 is 1. The van der Waals surface area contributed by atoms with Gasteiger partial charge in [0.25, 0.3) is 5.91 Å². The molecule has 1 N–H and O–H groups in total. The lowest BCUT2D eigenvalue weighted by Crippen LogP contribution is -2.15. The average molecular weight is 369 g/mol. The smallest absolute Gasteiger partial charge is 0.337 e. The lowest BCUT2D eigenvalue weighted by molar-refractivity contribution is 0.0600. The van der Waals surface area contributed by atoms with Crippen LogP contribution in [0.15, 0.2) is 42.5 Å². The van der Waals surface area contributed by atoms with Gasteiger partial charge in [0.15, 0.2) is 5.78 Å². The molecule has 6 nitrogen and oxygen atoms in total. The van der Waals surface area contributed by atoms with Crippen LogP contribution in [0.5, 0.6) is 5.75 Å². The molecule has 0 aliphatic heterocycles. The van der Waals surface area contributed by atoms with Crippen molar-refractivity contribution < 1.29 is 23.9 Å². The van der Waals surface area contributed by atoms with Crippen molar-refractivity contribution in [3.8, 4) is 5.75 Å². The normalized spacial score (nSPS) is 10.4. The minimum Gasteiger partial charge on any atom is -0.491 e. The van der Waals surface area contributed by atoms with Gasteiger partial charge in [-0.3, -0.25) is 9.59 Å². The van der Waals surface area contributed by atoms with Crippen molar-refractivity contribution in [2.75, 3.05) is 19.0 Å². The van der Waals surface area contributed by atoms with Crippen molar-refractivity contribution in [1.29, 1.82) is 0 Å². The molecule has 1 amide bonds. The first-order valence-corrected chi connectivity index (χ1v) is 8.59. The number of ether oxygens (including phenoxy) is 2. The Bertz CT molecular complexity index is 857. The molecule has 0 saturated carbocycles. The second kappa shape index (κ2) is 8.98. The molecule has 0 aliphatic carbocycles. The zero-order valence-electron chi connectivity index (χ0n) is 15.9. The summed E-state index contributed by atoms with van der Waals surface area (Å²) >= 11 is 0. The van der Waals surface area contributed by atoms with E-state index in [0.717, 1.165) is 0 Å². The molecule has 0 aromatic heterocycles. The number of anilines is 1. The van der Waals surface area contributed by atoms with Gasteiger partial charge in [0.1, 0.15) is 5.75 Å². The second-order valence-corrected chi connectivity index (χ2v) is 6.50. The summed E-state index contributed by atoms with van der Waals surface area (Å²) in [6, 6.07) is 11.1. The number of Topliss-reactive ketones (excluding diaryl/α,β-unsaturated/α-hetero) is 1. The largest absolute Gasteiger partial charge is 0.491 e. The second-order valence-electron chi connectivity index (χ2n) is 6.50. The van der Waals surface area contributed by atoms with Gasteiger partial charge in [0, 0.05) is 11.1 Å². The summed E-state index contributed by atoms with van der Waals surface area (Å²) < 4.78 is 10.4. The summed E-state index contributed by atoms with van der Waals surface area (Å²) in [4.78, 5) is 36.0. The van der Waals surface area contributed by atoms with Gasteiger partial charge >= 0.3 is 5.97 Å². The maximum atomic E-state index is 12.6. The molecule has 2 aromatic carbocycles. The number of carbonyl (C=O) groups excluding carboxylic acids is 3. The fraction of sp³-hybridized carbons (Fsp3) is 0.286. The molecule has 0 spiro atoms. The third-order valence-corrected chi connectivity index (χ3v) is 3.75. The number of hydrogen-bond donors (Lipinski definition) is 1. The lowest BCUT2D eigenvalue weighted by Gasteiger charge is -2.15. The minimum atomic E-state index is -0.524. The van der Waals surface area contributed by atoms with Crippen molar-refractivity contribution in [3.63, 3.8) is 0 Å². The quantitative estimate of drug-likeness (QED) is 0.590. The maximum Gasteiger partial charge on any atom is 0.337 e. The van der Waals surface area contributed by atoms with Gasteiger partial charge < -0.3 is 14.8 Å². The fourth-order valence-corrected chi connectivity index (χ4v) is 2.33. The number of carbonyl (C=O) groups is 3. The first kappa shape index (κ1) is 20.2. The highest BCUT2D eigenvalue weighted by atomic mass is 16.5. The molecule has 0 radical (unpaired) electrons. The molecule has 142 valence electrons. The Morgan fingerprint density at radius 2 is 1.70 bits per heavy atom. The van der Waals surface area contributed by atoms with Crippen molar-refractivity contribution >= 4 is 23.3 Å². The van der Waals surface area contributed by atoms with Crippen molar-refractivity contribution in [1.82, 2.24) is 0 Å². The summed E-state index contributed by atoms with van der Waals surface area (Å²) in [5.74, 6) is -0.280. The van der Waals surface area contributed by atoms with Crippen molar-refractivity contribution in [2.45, 2.75) is 20.8 Å². The van der Waals surface area contributed by atoms with Crippen LogP contribution < -0.4 is 10.1 Å². The van der Waals surface area contributed by atoms with Gasteiger partial charge in [-0.1, -0.05) is 19.9 Å². The molecular weight excluding hydrogens is 346 g/mol. The van der Waals surface area contributed by atoms with E-state index in [1.165, 1.54) is 20.1 Å². The Morgan fingerprint density at radius 3 is 2.33 bits per heavy atom. The van der Waals surface area contributed by atoms with Gasteiger partial charge in [-0.25, -0.2) is 4.79 Å². The number of rotatable bonds is 7. The zero-order valence-corrected chi connectivity index (χ0v) is 15.9. The van der Waals surface area contributed by atoms with E-state index in [0.29, 0.717) is 35.1 Å². The molecule has 0 atom stereocenters. The molecule has 0 bridgehead atoms. The molecule has 2 aromatic rings. The van der Waals surface area contributed by atoms with Gasteiger partial charge in [0.05, 0.1) is 25.0 Å². The Kier molecular flexibility index (Phi) is 6.71. The topological polar surface area (TPSA) is 81.7 Å². The standard InChI is InChI=1S/C21H23NO5/c1-13(2)12-27-19-9-8-15(14(3)23)11-18(19)22-20(24)16-6-5-7-17(10-16)21(25)26-4/h5-11,13H,12H2,1-4H3,(H,22,24). The van der Waals surface area contributed by atoms with Crippen LogP contribution in [0.1, 0.15) is 51.8 Å². The first-order valence-electron chi connectivity index (χ1n) is 8.59. The highest BCUT2D eigenvalue weighted by Crippen LogP contribution is 2.27. The van der Waals surface area contributed by atoms with Crippen LogP contribution in [0.4, 0.5) is 5.69 Å². The number of ketones is 1. The molecule has 0 unspecified atom stereocenters. The Labute approximate surface area is 158 Å². The molecule has 27 heavy (non-hydrogen) atoms. The van der Waals surface area contributed by atoms with Crippen LogP contribution in [-0.4, -0.2) is 31.4 Å². The number of amides is 1. The van der Waals surface area contributed by atoms with Crippen molar-refractivity contribution in [3.05, 3.63) is 59.2 Å². The van der Waals surface area contributed by atoms with Crippen LogP contribution in [-0.2, 0) is 4.74 Å². The van der Waals surface area contributed by atoms with Gasteiger partial charge in [0.2, 0.25) is 0 Å². The summed E-state index contributed by atoms with van der Waals surface area (Å²) in [6.45, 7) is 5.95. The molecule has 0 fully saturated rings. The monoisotopic (exact) mass is 369 g/mol. The van der Waals surface area contributed by atoms with E-state index in [1.54, 1.807) is 36.4 Å². The molecule has 6 heteroatoms. The maximum absolute atomic E-state index is 12.6. The van der Waals surface area contributed by atoms with Crippen molar-refractivity contribution in [2.24, 2.45) is 5.92 Å². The number of esters is 1. The summed E-state index contributed by atoms with van der Waals surface area (Å²) in [5, 5.41) is 2.76. The third kappa shape index (κ3) is 5.41. The predicted molar refractivity (Wildman–Crippen MR) is 103 cm³/mol. The van der Waals surface area contributed by atoms with E-state index in [9.17, 15) is 14.4 Å². The van der Waals surface area contributed by atoms with Crippen LogP contribution in [0, 0.1) is 5.92 Å². The zero-order chi connectivity index (χ0) is 20.0. The van der Waals surface area contributed by atoms with E-state index in [1.807, 2.05) is 13.8 Å². The first-order chi connectivity index (χ1) is 12.8. The average Bonchev–Trinajstić information content (AvgIpc) is 2.66. The molecule has 0 saturated heterocycles. The Balaban J connectivity index is 2.31. The van der Waals surface area contributed by atoms with E-state index >= 15 is 0 Å². The van der Waals surface area contributed by atoms with E-state index in [-0.39, 0.29) is 11.3 Å². The number of benzene rings is 2. The number of hydrogen-bond acceptors (Lipinski definition) is 5. The SMILES string of the molecule is COC(=O)c1cccc(C(=O)Nc2cc(C(C)=O)ccc2OCC(C)C)c1. The van der Waals surface area contributed by atoms with Crippen LogP contribution in [0.2, 0.25) is 0 Å². The van der Waals surface area contributed by atoms with E-state index in [2.05, 4.69) is 10.1 Å². The van der Waals surface area contributed by atoms with Gasteiger partial charge in [-0.15, -0.1) is 0 Å². The molecule has 2 rings (SSSR count). The third-order valence-electron chi connectivity index (χ3n) is 3.75. The predicted octanol–water partition coefficient (Wildman–Crippen LogP) is 3.96. The van der Waals surface area contributed by atoms with Crippen LogP contribution in [0.25, 0.3) is 0 Å². The molecular formula is C21H23NO5. The highest BCUT2D eigenvalue weighted by Gasteiger charge is 2.15. The van der Waals surface area contributed by atoms with Gasteiger partial charge in [-0.2, -0.15) is 0 Å². The van der Waals surface area contributed by atoms with E-state index < -0.39 is 11.9 Å². The Hall–Kier alpha value is -3.15. The van der Waals surface area contributed by atoms with E-state index in [4.69, 9.17) is 4.74 Å². The Morgan fingerprint density at radius 1 is 1.00 bits per heavy atom. The molecule has 0 heterocycles. The van der Waals surface area contributed by atoms with Crippen LogP contribution in [0.3, 0.4) is 0 Å². The summed E-state index contributed by atoms with van der Waals surface area (Å²) in [6.07, 6.45) is 0. The van der Waals surface area contributed by atoms with Gasteiger partial charge in [-0.05, 0) is 49.2 Å². The molecule has 0 aliphatic rings. The number of nitrogens with one attached hydrogen (secondary N) is 1. The lowest BCUT2D eigenvalue weighted by atomic mass is 10.1. The summed E-state index contributed by atoms with van der Waals surface area (Å²) in [5.41, 5.74) is 1.43. The summed E-state index contributed by atoms with van der Waals surface area (Å²) in [7, 11) is 1.28. The minimum absolute atomic E-state index is 0.117.